The Balaban J connectivity index is 3.03. The number of amides is 1. The molecule has 1 amide bonds. The lowest BCUT2D eigenvalue weighted by atomic mass is 9.85. The van der Waals surface area contributed by atoms with Gasteiger partial charge in [0.2, 0.25) is 5.91 Å². The Morgan fingerprint density at radius 1 is 1.04 bits per heavy atom. The molecule has 24 heavy (non-hydrogen) atoms. The fourth-order valence-corrected chi connectivity index (χ4v) is 3.23. The molecular weight excluding hydrogens is 306 g/mol. The summed E-state index contributed by atoms with van der Waals surface area (Å²) in [6.45, 7) is 5.64. The molecule has 1 rings (SSSR count). The molecule has 0 aliphatic carbocycles. The molecule has 0 spiro atoms. The van der Waals surface area contributed by atoms with Crippen LogP contribution in [0.3, 0.4) is 0 Å². The molecule has 3 N–H and O–H groups in total. The molecule has 0 bridgehead atoms. The third kappa shape index (κ3) is 4.81. The molecule has 0 fully saturated rings. The number of carboxylic acid groups (broad SMARTS) is 1. The molecule has 0 heterocycles. The summed E-state index contributed by atoms with van der Waals surface area (Å²) in [6, 6.07) is 8.69. The molecule has 0 aliphatic rings. The van der Waals surface area contributed by atoms with Gasteiger partial charge in [-0.05, 0) is 24.8 Å². The van der Waals surface area contributed by atoms with Crippen LogP contribution in [0.4, 0.5) is 0 Å². The molecule has 5 nitrogen and oxygen atoms in total. The van der Waals surface area contributed by atoms with Gasteiger partial charge in [0.25, 0.3) is 0 Å². The summed E-state index contributed by atoms with van der Waals surface area (Å²) in [4.78, 5) is 24.5. The molecule has 0 saturated heterocycles. The van der Waals surface area contributed by atoms with Crippen LogP contribution in [0.15, 0.2) is 30.3 Å². The molecule has 1 atom stereocenters. The number of nitrogens with one attached hydrogen (secondary N) is 1. The third-order valence-corrected chi connectivity index (χ3v) is 4.44. The Morgan fingerprint density at radius 3 is 2.00 bits per heavy atom. The highest BCUT2D eigenvalue weighted by Gasteiger charge is 2.41. The summed E-state index contributed by atoms with van der Waals surface area (Å²) in [5.41, 5.74) is -2.03. The van der Waals surface area contributed by atoms with Crippen molar-refractivity contribution in [2.75, 3.05) is 0 Å². The van der Waals surface area contributed by atoms with Gasteiger partial charge in [-0.25, -0.2) is 4.79 Å². The van der Waals surface area contributed by atoms with E-state index >= 15 is 0 Å². The first-order valence-corrected chi connectivity index (χ1v) is 8.66. The summed E-state index contributed by atoms with van der Waals surface area (Å²) in [5, 5.41) is 23.1. The quantitative estimate of drug-likeness (QED) is 0.613. The van der Waals surface area contributed by atoms with Crippen molar-refractivity contribution in [3.8, 4) is 0 Å². The van der Waals surface area contributed by atoms with Crippen molar-refractivity contribution in [1.29, 1.82) is 0 Å². The lowest BCUT2D eigenvalue weighted by Crippen LogP contribution is -2.53. The lowest BCUT2D eigenvalue weighted by Gasteiger charge is -2.33. The van der Waals surface area contributed by atoms with Crippen LogP contribution < -0.4 is 5.32 Å². The van der Waals surface area contributed by atoms with Crippen molar-refractivity contribution in [3.63, 3.8) is 0 Å². The van der Waals surface area contributed by atoms with Gasteiger partial charge in [0.1, 0.15) is 0 Å². The van der Waals surface area contributed by atoms with E-state index in [0.717, 1.165) is 12.8 Å². The van der Waals surface area contributed by atoms with Gasteiger partial charge >= 0.3 is 5.97 Å². The number of carbonyl (C=O) groups is 2. The molecule has 0 saturated carbocycles. The Kier molecular flexibility index (Phi) is 7.42. The van der Waals surface area contributed by atoms with Crippen LogP contribution in [-0.4, -0.2) is 27.7 Å². The minimum absolute atomic E-state index is 0.0868. The lowest BCUT2D eigenvalue weighted by molar-refractivity contribution is -0.149. The number of hydrogen-bond donors (Lipinski definition) is 3. The minimum Gasteiger partial charge on any atom is -0.479 e. The number of aliphatic hydroxyl groups is 1. The predicted octanol–water partition coefficient (Wildman–Crippen LogP) is 3.21. The SMILES string of the molecule is CCCC(O)(CCC)CC(=O)NC(CC)(C(=O)O)c1ccccc1. The smallest absolute Gasteiger partial charge is 0.334 e. The zero-order valence-corrected chi connectivity index (χ0v) is 14.8. The predicted molar refractivity (Wildman–Crippen MR) is 93.6 cm³/mol. The summed E-state index contributed by atoms with van der Waals surface area (Å²) in [5.74, 6) is -1.54. The van der Waals surface area contributed by atoms with Crippen molar-refractivity contribution in [2.45, 2.75) is 70.4 Å². The number of hydrogen-bond acceptors (Lipinski definition) is 3. The van der Waals surface area contributed by atoms with Gasteiger partial charge < -0.3 is 15.5 Å². The molecule has 0 aromatic heterocycles. The van der Waals surface area contributed by atoms with E-state index in [4.69, 9.17) is 0 Å². The van der Waals surface area contributed by atoms with Crippen LogP contribution in [0.5, 0.6) is 0 Å². The number of aliphatic carboxylic acids is 1. The number of carbonyl (C=O) groups excluding carboxylic acids is 1. The minimum atomic E-state index is -1.47. The molecule has 1 aromatic rings. The van der Waals surface area contributed by atoms with E-state index in [2.05, 4.69) is 5.32 Å². The van der Waals surface area contributed by atoms with Crippen LogP contribution in [0.25, 0.3) is 0 Å². The molecule has 134 valence electrons. The van der Waals surface area contributed by atoms with Crippen LogP contribution in [0, 0.1) is 0 Å². The van der Waals surface area contributed by atoms with Gasteiger partial charge in [-0.2, -0.15) is 0 Å². The maximum atomic E-state index is 12.5. The van der Waals surface area contributed by atoms with Gasteiger partial charge in [0.05, 0.1) is 12.0 Å². The van der Waals surface area contributed by atoms with Crippen LogP contribution in [-0.2, 0) is 15.1 Å². The van der Waals surface area contributed by atoms with E-state index in [1.807, 2.05) is 13.8 Å². The van der Waals surface area contributed by atoms with Gasteiger partial charge in [-0.3, -0.25) is 4.79 Å². The fourth-order valence-electron chi connectivity index (χ4n) is 3.23. The van der Waals surface area contributed by atoms with E-state index in [-0.39, 0.29) is 12.8 Å². The Labute approximate surface area is 144 Å². The topological polar surface area (TPSA) is 86.6 Å². The van der Waals surface area contributed by atoms with Crippen LogP contribution >= 0.6 is 0 Å². The fraction of sp³-hybridized carbons (Fsp3) is 0.579. The van der Waals surface area contributed by atoms with Crippen molar-refractivity contribution in [2.24, 2.45) is 0 Å². The van der Waals surface area contributed by atoms with Crippen molar-refractivity contribution in [3.05, 3.63) is 35.9 Å². The zero-order valence-electron chi connectivity index (χ0n) is 14.8. The van der Waals surface area contributed by atoms with Crippen LogP contribution in [0.2, 0.25) is 0 Å². The largest absolute Gasteiger partial charge is 0.479 e. The monoisotopic (exact) mass is 335 g/mol. The van der Waals surface area contributed by atoms with Crippen molar-refractivity contribution in [1.82, 2.24) is 5.32 Å². The summed E-state index contributed by atoms with van der Waals surface area (Å²) in [7, 11) is 0. The van der Waals surface area contributed by atoms with E-state index in [9.17, 15) is 19.8 Å². The number of rotatable bonds is 10. The highest BCUT2D eigenvalue weighted by atomic mass is 16.4. The number of benzene rings is 1. The van der Waals surface area contributed by atoms with E-state index < -0.39 is 23.0 Å². The van der Waals surface area contributed by atoms with Gasteiger partial charge in [-0.15, -0.1) is 0 Å². The Morgan fingerprint density at radius 2 is 1.58 bits per heavy atom. The molecule has 1 unspecified atom stereocenters. The molecule has 5 heteroatoms. The van der Waals surface area contributed by atoms with E-state index in [1.165, 1.54) is 0 Å². The van der Waals surface area contributed by atoms with Crippen molar-refractivity contribution >= 4 is 11.9 Å². The molecular formula is C19H29NO4. The average molecular weight is 335 g/mol. The second-order valence-electron chi connectivity index (χ2n) is 6.38. The van der Waals surface area contributed by atoms with Gasteiger partial charge in [-0.1, -0.05) is 63.9 Å². The molecule has 0 radical (unpaired) electrons. The first-order chi connectivity index (χ1) is 11.3. The maximum absolute atomic E-state index is 12.5. The third-order valence-electron chi connectivity index (χ3n) is 4.44. The second kappa shape index (κ2) is 8.83. The van der Waals surface area contributed by atoms with Crippen molar-refractivity contribution < 1.29 is 19.8 Å². The van der Waals surface area contributed by atoms with Gasteiger partial charge in [0.15, 0.2) is 5.54 Å². The van der Waals surface area contributed by atoms with Gasteiger partial charge in [0, 0.05) is 0 Å². The molecule has 0 aliphatic heterocycles. The van der Waals surface area contributed by atoms with Crippen LogP contribution in [0.1, 0.15) is 64.9 Å². The summed E-state index contributed by atoms with van der Waals surface area (Å²) in [6.07, 6.45) is 2.70. The van der Waals surface area contributed by atoms with E-state index in [0.29, 0.717) is 18.4 Å². The normalized spacial score (nSPS) is 14.0. The highest BCUT2D eigenvalue weighted by molar-refractivity contribution is 5.88. The number of carboxylic acids is 1. The molecule has 1 aromatic carbocycles. The van der Waals surface area contributed by atoms with E-state index in [1.54, 1.807) is 37.3 Å². The average Bonchev–Trinajstić information content (AvgIpc) is 2.53. The standard InChI is InChI=1S/C19H29NO4/c1-4-12-18(24,13-5-2)14-16(21)20-19(6-3,17(22)23)15-10-8-7-9-11-15/h7-11,24H,4-6,12-14H2,1-3H3,(H,20,21)(H,22,23). The first-order valence-electron chi connectivity index (χ1n) is 8.66. The highest BCUT2D eigenvalue weighted by Crippen LogP contribution is 2.28. The second-order valence-corrected chi connectivity index (χ2v) is 6.38. The Hall–Kier alpha value is -1.88. The summed E-state index contributed by atoms with van der Waals surface area (Å²) < 4.78 is 0. The zero-order chi connectivity index (χ0) is 18.2. The maximum Gasteiger partial charge on any atom is 0.334 e. The Bertz CT molecular complexity index is 538. The summed E-state index contributed by atoms with van der Waals surface area (Å²) >= 11 is 0. The first kappa shape index (κ1) is 20.2.